The van der Waals surface area contributed by atoms with Gasteiger partial charge in [-0.3, -0.25) is 4.79 Å². The van der Waals surface area contributed by atoms with Crippen molar-refractivity contribution in [3.63, 3.8) is 0 Å². The fourth-order valence-electron chi connectivity index (χ4n) is 3.53. The molecule has 0 aliphatic carbocycles. The maximum Gasteiger partial charge on any atom is 0.394 e. The molecular formula is C26H32F2N4O2. The van der Waals surface area contributed by atoms with E-state index in [9.17, 15) is 13.6 Å². The summed E-state index contributed by atoms with van der Waals surface area (Å²) >= 11 is 0. The lowest BCUT2D eigenvalue weighted by atomic mass is 10.1. The molecule has 0 unspecified atom stereocenters. The number of carbonyl (C=O) groups is 1. The topological polar surface area (TPSA) is 57.7 Å². The molecule has 6 nitrogen and oxygen atoms in total. The number of benzene rings is 2. The molecule has 3 rings (SSSR count). The van der Waals surface area contributed by atoms with Crippen LogP contribution in [-0.4, -0.2) is 56.1 Å². The lowest BCUT2D eigenvalue weighted by Crippen LogP contribution is -2.29. The molecule has 182 valence electrons. The van der Waals surface area contributed by atoms with E-state index in [1.54, 1.807) is 12.1 Å². The van der Waals surface area contributed by atoms with Gasteiger partial charge in [0.25, 0.3) is 0 Å². The summed E-state index contributed by atoms with van der Waals surface area (Å²) in [4.78, 5) is 21.5. The van der Waals surface area contributed by atoms with Gasteiger partial charge in [-0.1, -0.05) is 12.1 Å². The van der Waals surface area contributed by atoms with E-state index in [1.807, 2.05) is 46.3 Å². The number of nitrogens with one attached hydrogen (secondary N) is 1. The number of rotatable bonds is 10. The van der Waals surface area contributed by atoms with E-state index in [0.29, 0.717) is 19.0 Å². The Labute approximate surface area is 199 Å². The van der Waals surface area contributed by atoms with Gasteiger partial charge in [-0.05, 0) is 75.0 Å². The van der Waals surface area contributed by atoms with Crippen LogP contribution in [0.25, 0.3) is 10.9 Å². The number of ether oxygens (including phenoxy) is 1. The van der Waals surface area contributed by atoms with E-state index < -0.39 is 6.11 Å². The number of nitrogens with zero attached hydrogens (tertiary/aromatic N) is 3. The molecule has 0 atom stereocenters. The van der Waals surface area contributed by atoms with Gasteiger partial charge in [0, 0.05) is 44.6 Å². The molecule has 8 heteroatoms. The maximum absolute atomic E-state index is 12.9. The standard InChI is InChI=1S/C26H32F2N4O2/c1-18-16-24(32(5)15-14-31(3)4)30-23-12-9-20(17-22(18)23)29-25(33)13-8-19-6-10-21(11-7-19)34-26(2,27)28/h6-7,9-12,16-17H,8,13-15H2,1-5H3,(H,29,33). The molecule has 0 saturated carbocycles. The number of anilines is 2. The molecule has 2 aromatic carbocycles. The molecule has 0 saturated heterocycles. The van der Waals surface area contributed by atoms with Crippen molar-refractivity contribution < 1.29 is 18.3 Å². The lowest BCUT2D eigenvalue weighted by molar-refractivity contribution is -0.158. The normalized spacial score (nSPS) is 11.6. The molecule has 1 amide bonds. The summed E-state index contributed by atoms with van der Waals surface area (Å²) in [7, 11) is 6.13. The van der Waals surface area contributed by atoms with Crippen LogP contribution < -0.4 is 15.0 Å². The second kappa shape index (κ2) is 10.8. The quantitative estimate of drug-likeness (QED) is 0.447. The summed E-state index contributed by atoms with van der Waals surface area (Å²) in [6, 6.07) is 14.1. The minimum absolute atomic E-state index is 0.0906. The molecule has 1 N–H and O–H groups in total. The highest BCUT2D eigenvalue weighted by molar-refractivity contribution is 5.94. The van der Waals surface area contributed by atoms with Crippen molar-refractivity contribution in [3.8, 4) is 5.75 Å². The number of likely N-dealkylation sites (N-methyl/N-ethyl adjacent to an activating group) is 2. The van der Waals surface area contributed by atoms with E-state index >= 15 is 0 Å². The van der Waals surface area contributed by atoms with Crippen molar-refractivity contribution in [2.24, 2.45) is 0 Å². The average molecular weight is 471 g/mol. The zero-order valence-electron chi connectivity index (χ0n) is 20.4. The molecule has 0 radical (unpaired) electrons. The second-order valence-corrected chi connectivity index (χ2v) is 8.86. The van der Waals surface area contributed by atoms with Crippen LogP contribution >= 0.6 is 0 Å². The van der Waals surface area contributed by atoms with Gasteiger partial charge in [0.1, 0.15) is 11.6 Å². The van der Waals surface area contributed by atoms with Gasteiger partial charge in [-0.25, -0.2) is 4.98 Å². The summed E-state index contributed by atoms with van der Waals surface area (Å²) < 4.78 is 30.4. The smallest absolute Gasteiger partial charge is 0.394 e. The predicted molar refractivity (Wildman–Crippen MR) is 133 cm³/mol. The Hall–Kier alpha value is -3.26. The summed E-state index contributed by atoms with van der Waals surface area (Å²) in [5.41, 5.74) is 3.55. The second-order valence-electron chi connectivity index (χ2n) is 8.86. The number of hydrogen-bond acceptors (Lipinski definition) is 5. The number of carbonyl (C=O) groups excluding carboxylic acids is 1. The van der Waals surface area contributed by atoms with Crippen LogP contribution in [0.1, 0.15) is 24.5 Å². The zero-order chi connectivity index (χ0) is 24.9. The van der Waals surface area contributed by atoms with Crippen LogP contribution in [-0.2, 0) is 11.2 Å². The first kappa shape index (κ1) is 25.4. The van der Waals surface area contributed by atoms with Gasteiger partial charge in [-0.2, -0.15) is 8.78 Å². The number of aromatic nitrogens is 1. The van der Waals surface area contributed by atoms with Gasteiger partial charge in [-0.15, -0.1) is 0 Å². The molecule has 0 aliphatic rings. The van der Waals surface area contributed by atoms with Gasteiger partial charge in [0.05, 0.1) is 5.52 Å². The monoisotopic (exact) mass is 470 g/mol. The third-order valence-electron chi connectivity index (χ3n) is 5.42. The van der Waals surface area contributed by atoms with Crippen molar-refractivity contribution in [2.45, 2.75) is 32.8 Å². The van der Waals surface area contributed by atoms with Crippen LogP contribution in [0.15, 0.2) is 48.5 Å². The number of alkyl halides is 2. The maximum atomic E-state index is 12.9. The first-order valence-electron chi connectivity index (χ1n) is 11.2. The Bertz CT molecular complexity index is 1130. The Morgan fingerprint density at radius 3 is 2.41 bits per heavy atom. The summed E-state index contributed by atoms with van der Waals surface area (Å²) in [5, 5.41) is 3.93. The van der Waals surface area contributed by atoms with E-state index in [0.717, 1.165) is 40.9 Å². The van der Waals surface area contributed by atoms with Crippen LogP contribution in [0.5, 0.6) is 5.75 Å². The van der Waals surface area contributed by atoms with Gasteiger partial charge < -0.3 is 19.9 Å². The number of halogens is 2. The Morgan fingerprint density at radius 2 is 1.76 bits per heavy atom. The third-order valence-corrected chi connectivity index (χ3v) is 5.42. The molecule has 0 bridgehead atoms. The first-order chi connectivity index (χ1) is 16.0. The van der Waals surface area contributed by atoms with Crippen LogP contribution in [0.3, 0.4) is 0 Å². The van der Waals surface area contributed by atoms with Crippen molar-refractivity contribution in [1.82, 2.24) is 9.88 Å². The third kappa shape index (κ3) is 7.38. The minimum Gasteiger partial charge on any atom is -0.433 e. The van der Waals surface area contributed by atoms with Crippen molar-refractivity contribution >= 4 is 28.3 Å². The van der Waals surface area contributed by atoms with E-state index in [1.165, 1.54) is 12.1 Å². The molecule has 0 aliphatic heterocycles. The van der Waals surface area contributed by atoms with Gasteiger partial charge in [0.2, 0.25) is 5.91 Å². The number of amides is 1. The van der Waals surface area contributed by atoms with Crippen LogP contribution in [0.2, 0.25) is 0 Å². The Morgan fingerprint density at radius 1 is 1.06 bits per heavy atom. The van der Waals surface area contributed by atoms with E-state index in [2.05, 4.69) is 25.9 Å². The highest BCUT2D eigenvalue weighted by Gasteiger charge is 2.22. The fraction of sp³-hybridized carbons (Fsp3) is 0.385. The number of pyridine rings is 1. The number of hydrogen-bond donors (Lipinski definition) is 1. The zero-order valence-corrected chi connectivity index (χ0v) is 20.4. The Kier molecular flexibility index (Phi) is 8.04. The largest absolute Gasteiger partial charge is 0.433 e. The van der Waals surface area contributed by atoms with Crippen LogP contribution in [0, 0.1) is 6.92 Å². The minimum atomic E-state index is -3.22. The number of fused-ring (bicyclic) bond motifs is 1. The van der Waals surface area contributed by atoms with Crippen molar-refractivity contribution in [1.29, 1.82) is 0 Å². The van der Waals surface area contributed by atoms with Gasteiger partial charge >= 0.3 is 6.11 Å². The molecular weight excluding hydrogens is 438 g/mol. The van der Waals surface area contributed by atoms with Crippen LogP contribution in [0.4, 0.5) is 20.3 Å². The summed E-state index contributed by atoms with van der Waals surface area (Å²) in [6.07, 6.45) is -2.46. The average Bonchev–Trinajstić information content (AvgIpc) is 2.76. The molecule has 0 fully saturated rings. The summed E-state index contributed by atoms with van der Waals surface area (Å²) in [5.74, 6) is 0.890. The van der Waals surface area contributed by atoms with Gasteiger partial charge in [0.15, 0.2) is 0 Å². The molecule has 34 heavy (non-hydrogen) atoms. The van der Waals surface area contributed by atoms with E-state index in [-0.39, 0.29) is 18.1 Å². The molecule has 0 spiro atoms. The highest BCUT2D eigenvalue weighted by Crippen LogP contribution is 2.25. The first-order valence-corrected chi connectivity index (χ1v) is 11.2. The van der Waals surface area contributed by atoms with E-state index in [4.69, 9.17) is 4.98 Å². The SMILES string of the molecule is Cc1cc(N(C)CCN(C)C)nc2ccc(NC(=O)CCc3ccc(OC(C)(F)F)cc3)cc12. The Balaban J connectivity index is 1.60. The molecule has 1 heterocycles. The highest BCUT2D eigenvalue weighted by atomic mass is 19.3. The molecule has 1 aromatic heterocycles. The van der Waals surface area contributed by atoms with Crippen molar-refractivity contribution in [2.75, 3.05) is 44.4 Å². The fourth-order valence-corrected chi connectivity index (χ4v) is 3.53. The molecule has 3 aromatic rings. The predicted octanol–water partition coefficient (Wildman–Crippen LogP) is 5.10. The lowest BCUT2D eigenvalue weighted by Gasteiger charge is -2.21. The van der Waals surface area contributed by atoms with Crippen molar-refractivity contribution in [3.05, 3.63) is 59.7 Å². The number of aryl methyl sites for hydroxylation is 2. The summed E-state index contributed by atoms with van der Waals surface area (Å²) in [6.45, 7) is 4.55.